The Morgan fingerprint density at radius 2 is 2.14 bits per heavy atom. The first-order chi connectivity index (χ1) is 6.56. The SMILES string of the molecule is NC(=O)C1(c2cc(F)cnc2F)CC1. The zero-order chi connectivity index (χ0) is 10.3. The van der Waals surface area contributed by atoms with Gasteiger partial charge in [-0.2, -0.15) is 4.39 Å². The molecule has 14 heavy (non-hydrogen) atoms. The van der Waals surface area contributed by atoms with Gasteiger partial charge in [-0.3, -0.25) is 4.79 Å². The van der Waals surface area contributed by atoms with Gasteiger partial charge in [-0.25, -0.2) is 9.37 Å². The van der Waals surface area contributed by atoms with Gasteiger partial charge in [-0.1, -0.05) is 0 Å². The van der Waals surface area contributed by atoms with Crippen LogP contribution in [-0.4, -0.2) is 10.9 Å². The van der Waals surface area contributed by atoms with Crippen molar-refractivity contribution in [2.24, 2.45) is 5.73 Å². The summed E-state index contributed by atoms with van der Waals surface area (Å²) in [5.74, 6) is -2.10. The van der Waals surface area contributed by atoms with E-state index < -0.39 is 23.1 Å². The van der Waals surface area contributed by atoms with Crippen molar-refractivity contribution < 1.29 is 13.6 Å². The summed E-state index contributed by atoms with van der Waals surface area (Å²) >= 11 is 0. The smallest absolute Gasteiger partial charge is 0.228 e. The Morgan fingerprint density at radius 3 is 2.64 bits per heavy atom. The van der Waals surface area contributed by atoms with E-state index in [9.17, 15) is 13.6 Å². The van der Waals surface area contributed by atoms with Crippen LogP contribution in [0.5, 0.6) is 0 Å². The van der Waals surface area contributed by atoms with Crippen LogP contribution >= 0.6 is 0 Å². The summed E-state index contributed by atoms with van der Waals surface area (Å²) in [6, 6.07) is 0.986. The maximum atomic E-state index is 13.2. The van der Waals surface area contributed by atoms with E-state index >= 15 is 0 Å². The molecule has 1 aromatic heterocycles. The molecular formula is C9H8F2N2O. The van der Waals surface area contributed by atoms with Crippen molar-refractivity contribution >= 4 is 5.91 Å². The van der Waals surface area contributed by atoms with Gasteiger partial charge < -0.3 is 5.73 Å². The standard InChI is InChI=1S/C9H8F2N2O/c10-5-3-6(7(11)13-4-5)9(1-2-9)8(12)14/h3-4H,1-2H2,(H2,12,14). The molecule has 2 rings (SSSR count). The van der Waals surface area contributed by atoms with Crippen molar-refractivity contribution in [1.82, 2.24) is 4.98 Å². The maximum absolute atomic E-state index is 13.2. The molecule has 1 aliphatic carbocycles. The highest BCUT2D eigenvalue weighted by atomic mass is 19.1. The van der Waals surface area contributed by atoms with E-state index in [2.05, 4.69) is 4.98 Å². The van der Waals surface area contributed by atoms with Gasteiger partial charge in [-0.05, 0) is 18.9 Å². The van der Waals surface area contributed by atoms with Crippen LogP contribution in [0.15, 0.2) is 12.3 Å². The number of carbonyl (C=O) groups is 1. The number of aromatic nitrogens is 1. The highest BCUT2D eigenvalue weighted by Crippen LogP contribution is 2.48. The molecule has 74 valence electrons. The number of halogens is 2. The Hall–Kier alpha value is -1.52. The van der Waals surface area contributed by atoms with E-state index in [0.717, 1.165) is 12.3 Å². The van der Waals surface area contributed by atoms with Gasteiger partial charge in [0.15, 0.2) is 0 Å². The van der Waals surface area contributed by atoms with Crippen LogP contribution < -0.4 is 5.73 Å². The van der Waals surface area contributed by atoms with E-state index in [4.69, 9.17) is 5.73 Å². The summed E-state index contributed by atoms with van der Waals surface area (Å²) in [5.41, 5.74) is 4.09. The lowest BCUT2D eigenvalue weighted by atomic mass is 9.97. The van der Waals surface area contributed by atoms with Crippen molar-refractivity contribution in [3.8, 4) is 0 Å². The van der Waals surface area contributed by atoms with E-state index in [1.807, 2.05) is 0 Å². The quantitative estimate of drug-likeness (QED) is 0.717. The van der Waals surface area contributed by atoms with E-state index in [1.54, 1.807) is 0 Å². The van der Waals surface area contributed by atoms with Crippen LogP contribution in [0.2, 0.25) is 0 Å². The fourth-order valence-corrected chi connectivity index (χ4v) is 1.53. The Bertz CT molecular complexity index is 402. The van der Waals surface area contributed by atoms with Crippen molar-refractivity contribution in [3.05, 3.63) is 29.6 Å². The molecule has 0 bridgehead atoms. The molecule has 1 aliphatic rings. The molecule has 1 aromatic rings. The van der Waals surface area contributed by atoms with Gasteiger partial charge in [0, 0.05) is 5.56 Å². The first-order valence-electron chi connectivity index (χ1n) is 4.18. The number of nitrogens with two attached hydrogens (primary N) is 1. The number of amides is 1. The van der Waals surface area contributed by atoms with Crippen molar-refractivity contribution in [1.29, 1.82) is 0 Å². The minimum atomic E-state index is -1.01. The summed E-state index contributed by atoms with van der Waals surface area (Å²) in [6.45, 7) is 0. The normalized spacial score (nSPS) is 17.9. The summed E-state index contributed by atoms with van der Waals surface area (Å²) in [6.07, 6.45) is 1.70. The summed E-state index contributed by atoms with van der Waals surface area (Å²) in [4.78, 5) is 14.3. The lowest BCUT2D eigenvalue weighted by Gasteiger charge is -2.10. The Balaban J connectivity index is 2.51. The number of primary amides is 1. The van der Waals surface area contributed by atoms with Gasteiger partial charge in [0.2, 0.25) is 11.9 Å². The van der Waals surface area contributed by atoms with Gasteiger partial charge >= 0.3 is 0 Å². The molecule has 0 aliphatic heterocycles. The molecule has 0 unspecified atom stereocenters. The molecule has 1 saturated carbocycles. The monoisotopic (exact) mass is 198 g/mol. The van der Waals surface area contributed by atoms with Crippen molar-refractivity contribution in [2.75, 3.05) is 0 Å². The van der Waals surface area contributed by atoms with Crippen LogP contribution in [0.4, 0.5) is 8.78 Å². The molecule has 0 saturated heterocycles. The third kappa shape index (κ3) is 1.16. The number of hydrogen-bond acceptors (Lipinski definition) is 2. The Labute approximate surface area is 78.9 Å². The van der Waals surface area contributed by atoms with E-state index in [0.29, 0.717) is 12.8 Å². The molecule has 0 aromatic carbocycles. The lowest BCUT2D eigenvalue weighted by molar-refractivity contribution is -0.120. The number of carbonyl (C=O) groups excluding carboxylic acids is 1. The zero-order valence-electron chi connectivity index (χ0n) is 7.26. The molecule has 0 spiro atoms. The molecule has 3 nitrogen and oxygen atoms in total. The number of pyridine rings is 1. The van der Waals surface area contributed by atoms with Crippen LogP contribution in [0, 0.1) is 11.8 Å². The van der Waals surface area contributed by atoms with E-state index in [1.165, 1.54) is 0 Å². The fourth-order valence-electron chi connectivity index (χ4n) is 1.53. The second-order valence-electron chi connectivity index (χ2n) is 3.44. The van der Waals surface area contributed by atoms with Gasteiger partial charge in [-0.15, -0.1) is 0 Å². The molecule has 2 N–H and O–H groups in total. The van der Waals surface area contributed by atoms with Crippen LogP contribution in [-0.2, 0) is 10.2 Å². The van der Waals surface area contributed by atoms with Gasteiger partial charge in [0.25, 0.3) is 0 Å². The van der Waals surface area contributed by atoms with Gasteiger partial charge in [0.05, 0.1) is 11.6 Å². The van der Waals surface area contributed by atoms with Crippen molar-refractivity contribution in [3.63, 3.8) is 0 Å². The molecule has 1 heterocycles. The third-order valence-corrected chi connectivity index (χ3v) is 2.54. The van der Waals surface area contributed by atoms with Crippen LogP contribution in [0.1, 0.15) is 18.4 Å². The summed E-state index contributed by atoms with van der Waals surface area (Å²) in [7, 11) is 0. The average Bonchev–Trinajstić information content (AvgIpc) is 2.90. The average molecular weight is 198 g/mol. The molecule has 1 amide bonds. The number of nitrogens with zero attached hydrogens (tertiary/aromatic N) is 1. The second-order valence-corrected chi connectivity index (χ2v) is 3.44. The Morgan fingerprint density at radius 1 is 1.50 bits per heavy atom. The summed E-state index contributed by atoms with van der Waals surface area (Å²) < 4.78 is 26.0. The minimum absolute atomic E-state index is 0.0231. The maximum Gasteiger partial charge on any atom is 0.228 e. The predicted molar refractivity (Wildman–Crippen MR) is 44.3 cm³/mol. The second kappa shape index (κ2) is 2.73. The topological polar surface area (TPSA) is 56.0 Å². The molecule has 1 fully saturated rings. The Kier molecular flexibility index (Phi) is 1.77. The van der Waals surface area contributed by atoms with Crippen molar-refractivity contribution in [2.45, 2.75) is 18.3 Å². The highest BCUT2D eigenvalue weighted by molar-refractivity contribution is 5.89. The fraction of sp³-hybridized carbons (Fsp3) is 0.333. The third-order valence-electron chi connectivity index (χ3n) is 2.54. The molecule has 0 atom stereocenters. The number of hydrogen-bond donors (Lipinski definition) is 1. The zero-order valence-corrected chi connectivity index (χ0v) is 7.26. The summed E-state index contributed by atoms with van der Waals surface area (Å²) in [5, 5.41) is 0. The molecule has 5 heteroatoms. The largest absolute Gasteiger partial charge is 0.369 e. The molecule has 0 radical (unpaired) electrons. The number of rotatable bonds is 2. The first kappa shape index (κ1) is 9.05. The van der Waals surface area contributed by atoms with Crippen LogP contribution in [0.3, 0.4) is 0 Å². The lowest BCUT2D eigenvalue weighted by Crippen LogP contribution is -2.29. The van der Waals surface area contributed by atoms with Gasteiger partial charge in [0.1, 0.15) is 5.82 Å². The molecular weight excluding hydrogens is 190 g/mol. The predicted octanol–water partition coefficient (Wildman–Crippen LogP) is 0.877. The first-order valence-corrected chi connectivity index (χ1v) is 4.18. The highest BCUT2D eigenvalue weighted by Gasteiger charge is 2.52. The minimum Gasteiger partial charge on any atom is -0.369 e. The van der Waals surface area contributed by atoms with Crippen LogP contribution in [0.25, 0.3) is 0 Å². The van der Waals surface area contributed by atoms with E-state index in [-0.39, 0.29) is 5.56 Å².